The second-order valence-corrected chi connectivity index (χ2v) is 9.69. The number of amides is 1. The van der Waals surface area contributed by atoms with E-state index in [-0.39, 0.29) is 16.2 Å². The van der Waals surface area contributed by atoms with Crippen LogP contribution in [-0.2, 0) is 23.2 Å². The van der Waals surface area contributed by atoms with Gasteiger partial charge in [-0.05, 0) is 51.7 Å². The van der Waals surface area contributed by atoms with Crippen LogP contribution in [-0.4, -0.2) is 49.5 Å². The summed E-state index contributed by atoms with van der Waals surface area (Å²) in [5.41, 5.74) is 2.01. The molecule has 1 aromatic rings. The monoisotopic (exact) mass is 351 g/mol. The Balaban J connectivity index is 1.88. The van der Waals surface area contributed by atoms with E-state index in [1.54, 1.807) is 6.20 Å². The standard InChI is InChI=1S/C17H25N3O3S/c1-16(2,3)24(23)19-13-11-12-5-4-8-18-14(12)17(13)6-9-20(10-7-17)15(21)22/h4-5,8,13,19H,6-7,9-11H2,1-3H3,(H,21,22)/t13-,24?/m1/s1. The van der Waals surface area contributed by atoms with E-state index in [0.29, 0.717) is 25.9 Å². The van der Waals surface area contributed by atoms with Gasteiger partial charge in [0.1, 0.15) is 4.75 Å². The van der Waals surface area contributed by atoms with Crippen molar-refractivity contribution in [3.05, 3.63) is 29.6 Å². The fourth-order valence-electron chi connectivity index (χ4n) is 3.77. The third-order valence-corrected chi connectivity index (χ3v) is 6.80. The summed E-state index contributed by atoms with van der Waals surface area (Å²) < 4.78 is 15.6. The van der Waals surface area contributed by atoms with Gasteiger partial charge in [0.05, 0.1) is 11.7 Å². The average Bonchev–Trinajstić information content (AvgIpc) is 2.81. The first kappa shape index (κ1) is 17.5. The number of nitrogens with one attached hydrogen (secondary N) is 1. The highest BCUT2D eigenvalue weighted by Crippen LogP contribution is 2.45. The van der Waals surface area contributed by atoms with Gasteiger partial charge < -0.3 is 14.6 Å². The summed E-state index contributed by atoms with van der Waals surface area (Å²) in [7, 11) is 0. The number of nitrogens with zero attached hydrogens (tertiary/aromatic N) is 2. The van der Waals surface area contributed by atoms with Gasteiger partial charge in [0.25, 0.3) is 0 Å². The maximum Gasteiger partial charge on any atom is 0.407 e. The van der Waals surface area contributed by atoms with Crippen LogP contribution in [0.1, 0.15) is 44.9 Å². The molecule has 2 aliphatic rings. The molecule has 1 amide bonds. The van der Waals surface area contributed by atoms with E-state index >= 15 is 0 Å². The molecule has 6 nitrogen and oxygen atoms in total. The van der Waals surface area contributed by atoms with Gasteiger partial charge in [-0.2, -0.15) is 0 Å². The molecule has 1 aromatic heterocycles. The highest BCUT2D eigenvalue weighted by molar-refractivity contribution is 7.90. The van der Waals surface area contributed by atoms with Crippen LogP contribution in [0.3, 0.4) is 0 Å². The van der Waals surface area contributed by atoms with E-state index in [1.165, 1.54) is 10.5 Å². The Morgan fingerprint density at radius 3 is 2.71 bits per heavy atom. The van der Waals surface area contributed by atoms with Crippen molar-refractivity contribution < 1.29 is 14.5 Å². The second-order valence-electron chi connectivity index (χ2n) is 7.69. The molecule has 1 spiro atoms. The zero-order valence-electron chi connectivity index (χ0n) is 14.4. The highest BCUT2D eigenvalue weighted by atomic mass is 32.2. The number of hydrogen-bond donors (Lipinski definition) is 2. The Hall–Kier alpha value is -1.31. The van der Waals surface area contributed by atoms with E-state index in [0.717, 1.165) is 12.1 Å². The smallest absolute Gasteiger partial charge is 0.407 e. The molecule has 7 heteroatoms. The number of hydrogen-bond acceptors (Lipinski definition) is 4. The molecular formula is C17H25N3O3S. The minimum atomic E-state index is -1.17. The van der Waals surface area contributed by atoms with Gasteiger partial charge in [0.15, 0.2) is 0 Å². The molecule has 132 valence electrons. The summed E-state index contributed by atoms with van der Waals surface area (Å²) in [6.45, 7) is 6.85. The lowest BCUT2D eigenvalue weighted by atomic mass is 9.73. The predicted molar refractivity (Wildman–Crippen MR) is 93.3 cm³/mol. The molecule has 1 saturated heterocycles. The third kappa shape index (κ3) is 3.00. The van der Waals surface area contributed by atoms with Gasteiger partial charge in [0.2, 0.25) is 0 Å². The molecule has 2 N–H and O–H groups in total. The number of piperidine rings is 1. The zero-order chi connectivity index (χ0) is 17.5. The van der Waals surface area contributed by atoms with E-state index in [4.69, 9.17) is 0 Å². The Labute approximate surface area is 146 Å². The Morgan fingerprint density at radius 2 is 2.12 bits per heavy atom. The first-order valence-corrected chi connectivity index (χ1v) is 9.49. The van der Waals surface area contributed by atoms with Crippen molar-refractivity contribution in [2.75, 3.05) is 13.1 Å². The van der Waals surface area contributed by atoms with Crippen LogP contribution in [0.2, 0.25) is 0 Å². The minimum Gasteiger partial charge on any atom is -0.598 e. The van der Waals surface area contributed by atoms with Crippen LogP contribution in [0.5, 0.6) is 0 Å². The van der Waals surface area contributed by atoms with Crippen molar-refractivity contribution in [3.63, 3.8) is 0 Å². The summed E-state index contributed by atoms with van der Waals surface area (Å²) in [6.07, 6.45) is 3.14. The molecule has 1 fully saturated rings. The summed E-state index contributed by atoms with van der Waals surface area (Å²) in [4.78, 5) is 17.3. The van der Waals surface area contributed by atoms with Crippen molar-refractivity contribution in [2.24, 2.45) is 0 Å². The molecule has 2 atom stereocenters. The SMILES string of the molecule is CC(C)(C)[S+]([O-])N[C@@H]1Cc2cccnc2C12CCN(C(=O)O)CC2. The van der Waals surface area contributed by atoms with Crippen molar-refractivity contribution in [1.82, 2.24) is 14.6 Å². The molecule has 0 radical (unpaired) electrons. The maximum atomic E-state index is 12.6. The summed E-state index contributed by atoms with van der Waals surface area (Å²) >= 11 is -1.17. The van der Waals surface area contributed by atoms with Gasteiger partial charge in [-0.3, -0.25) is 4.98 Å². The van der Waals surface area contributed by atoms with Gasteiger partial charge in [-0.1, -0.05) is 6.07 Å². The van der Waals surface area contributed by atoms with Crippen LogP contribution < -0.4 is 4.72 Å². The van der Waals surface area contributed by atoms with E-state index in [2.05, 4.69) is 15.8 Å². The Morgan fingerprint density at radius 1 is 1.46 bits per heavy atom. The summed E-state index contributed by atoms with van der Waals surface area (Å²) in [6, 6.07) is 4.04. The summed E-state index contributed by atoms with van der Waals surface area (Å²) in [5.74, 6) is 0. The van der Waals surface area contributed by atoms with Crippen LogP contribution in [0.4, 0.5) is 4.79 Å². The lowest BCUT2D eigenvalue weighted by Crippen LogP contribution is -2.56. The number of fused-ring (bicyclic) bond motifs is 2. The highest BCUT2D eigenvalue weighted by Gasteiger charge is 2.52. The van der Waals surface area contributed by atoms with Gasteiger partial charge in [-0.15, -0.1) is 4.72 Å². The fourth-order valence-corrected chi connectivity index (χ4v) is 4.70. The molecule has 0 aromatic carbocycles. The van der Waals surface area contributed by atoms with Gasteiger partial charge >= 0.3 is 6.09 Å². The maximum absolute atomic E-state index is 12.6. The largest absolute Gasteiger partial charge is 0.598 e. The topological polar surface area (TPSA) is 88.5 Å². The van der Waals surface area contributed by atoms with E-state index < -0.39 is 17.5 Å². The molecule has 0 saturated carbocycles. The third-order valence-electron chi connectivity index (χ3n) is 5.19. The zero-order valence-corrected chi connectivity index (χ0v) is 15.2. The van der Waals surface area contributed by atoms with Crippen molar-refractivity contribution in [2.45, 2.75) is 56.2 Å². The predicted octanol–water partition coefficient (Wildman–Crippen LogP) is 2.07. The molecule has 0 bridgehead atoms. The van der Waals surface area contributed by atoms with Gasteiger partial charge in [-0.25, -0.2) is 4.79 Å². The quantitative estimate of drug-likeness (QED) is 0.796. The summed E-state index contributed by atoms with van der Waals surface area (Å²) in [5, 5.41) is 9.23. The molecule has 1 aliphatic carbocycles. The van der Waals surface area contributed by atoms with Crippen LogP contribution in [0.25, 0.3) is 0 Å². The minimum absolute atomic E-state index is 0.0263. The van der Waals surface area contributed by atoms with Gasteiger partial charge in [0, 0.05) is 36.1 Å². The van der Waals surface area contributed by atoms with Crippen LogP contribution in [0, 0.1) is 0 Å². The van der Waals surface area contributed by atoms with E-state index in [9.17, 15) is 14.5 Å². The first-order valence-electron chi connectivity index (χ1n) is 8.34. The van der Waals surface area contributed by atoms with Crippen molar-refractivity contribution in [1.29, 1.82) is 0 Å². The number of carbonyl (C=O) groups is 1. The second kappa shape index (κ2) is 6.20. The molecule has 1 unspecified atom stereocenters. The Kier molecular flexibility index (Phi) is 4.53. The van der Waals surface area contributed by atoms with Crippen molar-refractivity contribution in [3.8, 4) is 0 Å². The number of likely N-dealkylation sites (tertiary alicyclic amines) is 1. The van der Waals surface area contributed by atoms with Crippen LogP contribution in [0.15, 0.2) is 18.3 Å². The average molecular weight is 351 g/mol. The normalized spacial score (nSPS) is 24.0. The molecular weight excluding hydrogens is 326 g/mol. The number of aromatic nitrogens is 1. The van der Waals surface area contributed by atoms with Crippen LogP contribution >= 0.6 is 0 Å². The Bertz CT molecular complexity index is 624. The number of pyridine rings is 1. The first-order chi connectivity index (χ1) is 11.2. The number of rotatable bonds is 2. The number of carboxylic acid groups (broad SMARTS) is 1. The molecule has 24 heavy (non-hydrogen) atoms. The fraction of sp³-hybridized carbons (Fsp3) is 0.647. The lowest BCUT2D eigenvalue weighted by molar-refractivity contribution is 0.109. The lowest BCUT2D eigenvalue weighted by Gasteiger charge is -2.42. The molecule has 3 rings (SSSR count). The van der Waals surface area contributed by atoms with E-state index in [1.807, 2.05) is 26.8 Å². The molecule has 2 heterocycles. The van der Waals surface area contributed by atoms with Crippen molar-refractivity contribution >= 4 is 17.5 Å². The molecule has 1 aliphatic heterocycles.